The van der Waals surface area contributed by atoms with Crippen LogP contribution in [0, 0.1) is 0 Å². The van der Waals surface area contributed by atoms with E-state index in [1.165, 1.54) is 28.2 Å². The van der Waals surface area contributed by atoms with Gasteiger partial charge in [0.05, 0.1) is 10.8 Å². The molecule has 1 amide bonds. The third-order valence-corrected chi connectivity index (χ3v) is 5.09. The number of rotatable bonds is 7. The Morgan fingerprint density at radius 1 is 1.26 bits per heavy atom. The molecule has 0 saturated carbocycles. The Hall–Kier alpha value is -2.58. The molecule has 3 rings (SSSR count). The van der Waals surface area contributed by atoms with Crippen LogP contribution in [-0.4, -0.2) is 31.5 Å². The van der Waals surface area contributed by atoms with E-state index < -0.39 is 0 Å². The molecule has 0 aliphatic carbocycles. The summed E-state index contributed by atoms with van der Waals surface area (Å²) in [6.45, 7) is 2.11. The van der Waals surface area contributed by atoms with Crippen LogP contribution in [0.4, 0.5) is 5.82 Å². The first-order valence-electron chi connectivity index (χ1n) is 8.31. The molecule has 3 aromatic rings. The predicted octanol–water partition coefficient (Wildman–Crippen LogP) is 3.12. The first-order valence-corrected chi connectivity index (χ1v) is 9.68. The van der Waals surface area contributed by atoms with Crippen molar-refractivity contribution >= 4 is 35.1 Å². The maximum Gasteiger partial charge on any atom is 0.236 e. The minimum Gasteiger partial charge on any atom is -0.336 e. The molecule has 0 fully saturated rings. The average molecular weight is 403 g/mol. The number of nitrogens with zero attached hydrogens (tertiary/aromatic N) is 4. The minimum atomic E-state index is -0.211. The van der Waals surface area contributed by atoms with Gasteiger partial charge in [-0.3, -0.25) is 4.79 Å². The zero-order valence-electron chi connectivity index (χ0n) is 14.7. The van der Waals surface area contributed by atoms with Crippen molar-refractivity contribution < 1.29 is 4.79 Å². The van der Waals surface area contributed by atoms with Gasteiger partial charge in [-0.15, -0.1) is 10.2 Å². The standard InChI is InChI=1S/C18H19ClN6OS/c1-12(13-5-3-2-4-6-13)9-16-23-24-18(25(16)20)27-11-17(26)22-15-8-7-14(19)10-21-15/h2-8,10,12H,9,11,20H2,1H3,(H,21,22,26). The van der Waals surface area contributed by atoms with Crippen LogP contribution in [0.5, 0.6) is 0 Å². The second-order valence-electron chi connectivity index (χ2n) is 5.98. The van der Waals surface area contributed by atoms with Crippen LogP contribution in [0.15, 0.2) is 53.8 Å². The van der Waals surface area contributed by atoms with Gasteiger partial charge in [0.25, 0.3) is 0 Å². The summed E-state index contributed by atoms with van der Waals surface area (Å²) in [6.07, 6.45) is 2.13. The fourth-order valence-corrected chi connectivity index (χ4v) is 3.26. The highest BCUT2D eigenvalue weighted by molar-refractivity contribution is 7.99. The van der Waals surface area contributed by atoms with Crippen LogP contribution in [0.25, 0.3) is 0 Å². The van der Waals surface area contributed by atoms with E-state index in [1.54, 1.807) is 12.1 Å². The van der Waals surface area contributed by atoms with E-state index >= 15 is 0 Å². The Bertz CT molecular complexity index is 900. The molecule has 0 saturated heterocycles. The van der Waals surface area contributed by atoms with Gasteiger partial charge in [-0.2, -0.15) is 0 Å². The maximum absolute atomic E-state index is 12.0. The second kappa shape index (κ2) is 8.88. The zero-order chi connectivity index (χ0) is 19.2. The van der Waals surface area contributed by atoms with Gasteiger partial charge in [0.2, 0.25) is 11.1 Å². The Kier molecular flexibility index (Phi) is 6.31. The molecule has 0 radical (unpaired) electrons. The van der Waals surface area contributed by atoms with Gasteiger partial charge >= 0.3 is 0 Å². The molecule has 1 aromatic carbocycles. The molecule has 0 aliphatic rings. The number of carbonyl (C=O) groups excluding carboxylic acids is 1. The number of nitrogens with one attached hydrogen (secondary N) is 1. The molecule has 9 heteroatoms. The molecule has 2 heterocycles. The number of pyridine rings is 1. The molecule has 2 aromatic heterocycles. The van der Waals surface area contributed by atoms with E-state index in [0.29, 0.717) is 28.2 Å². The molecule has 3 N–H and O–H groups in total. The van der Waals surface area contributed by atoms with Gasteiger partial charge < -0.3 is 11.2 Å². The van der Waals surface area contributed by atoms with Crippen LogP contribution >= 0.6 is 23.4 Å². The lowest BCUT2D eigenvalue weighted by Gasteiger charge is -2.11. The Labute approximate surface area is 166 Å². The summed E-state index contributed by atoms with van der Waals surface area (Å²) in [4.78, 5) is 16.1. The fraction of sp³-hybridized carbons (Fsp3) is 0.222. The monoisotopic (exact) mass is 402 g/mol. The number of amides is 1. The van der Waals surface area contributed by atoms with Gasteiger partial charge in [-0.1, -0.05) is 60.6 Å². The fourth-order valence-electron chi connectivity index (χ4n) is 2.48. The number of aromatic nitrogens is 4. The van der Waals surface area contributed by atoms with Crippen molar-refractivity contribution in [3.63, 3.8) is 0 Å². The number of nitrogen functional groups attached to an aromatic ring is 1. The highest BCUT2D eigenvalue weighted by Crippen LogP contribution is 2.21. The number of thioether (sulfide) groups is 1. The largest absolute Gasteiger partial charge is 0.336 e. The smallest absolute Gasteiger partial charge is 0.236 e. The summed E-state index contributed by atoms with van der Waals surface area (Å²) in [6, 6.07) is 13.5. The van der Waals surface area contributed by atoms with Gasteiger partial charge in [0.1, 0.15) is 5.82 Å². The van der Waals surface area contributed by atoms with Gasteiger partial charge in [-0.25, -0.2) is 9.66 Å². The summed E-state index contributed by atoms with van der Waals surface area (Å²) >= 11 is 6.99. The van der Waals surface area contributed by atoms with Gasteiger partial charge in [0.15, 0.2) is 5.82 Å². The van der Waals surface area contributed by atoms with Crippen molar-refractivity contribution in [2.75, 3.05) is 16.9 Å². The molecular weight excluding hydrogens is 384 g/mol. The Morgan fingerprint density at radius 2 is 2.04 bits per heavy atom. The molecule has 7 nitrogen and oxygen atoms in total. The van der Waals surface area contributed by atoms with Gasteiger partial charge in [0, 0.05) is 12.6 Å². The van der Waals surface area contributed by atoms with Crippen LogP contribution < -0.4 is 11.2 Å². The van der Waals surface area contributed by atoms with Gasteiger partial charge in [-0.05, 0) is 23.6 Å². The topological polar surface area (TPSA) is 98.7 Å². The normalized spacial score (nSPS) is 11.9. The quantitative estimate of drug-likeness (QED) is 0.465. The molecule has 1 atom stereocenters. The third-order valence-electron chi connectivity index (χ3n) is 3.92. The summed E-state index contributed by atoms with van der Waals surface area (Å²) in [5.74, 6) is 7.41. The molecule has 0 bridgehead atoms. The van der Waals surface area contributed by atoms with Crippen molar-refractivity contribution in [2.45, 2.75) is 24.4 Å². The summed E-state index contributed by atoms with van der Waals surface area (Å²) < 4.78 is 1.44. The highest BCUT2D eigenvalue weighted by atomic mass is 35.5. The number of hydrogen-bond acceptors (Lipinski definition) is 6. The van der Waals surface area contributed by atoms with Crippen LogP contribution in [0.1, 0.15) is 24.2 Å². The number of hydrogen-bond donors (Lipinski definition) is 2. The Morgan fingerprint density at radius 3 is 2.74 bits per heavy atom. The lowest BCUT2D eigenvalue weighted by molar-refractivity contribution is -0.113. The Balaban J connectivity index is 1.55. The lowest BCUT2D eigenvalue weighted by Crippen LogP contribution is -2.18. The van der Waals surface area contributed by atoms with Crippen molar-refractivity contribution in [2.24, 2.45) is 0 Å². The van der Waals surface area contributed by atoms with Crippen molar-refractivity contribution in [3.05, 3.63) is 65.1 Å². The number of benzene rings is 1. The van der Waals surface area contributed by atoms with Crippen molar-refractivity contribution in [1.82, 2.24) is 19.9 Å². The first-order chi connectivity index (χ1) is 13.0. The third kappa shape index (κ3) is 5.21. The zero-order valence-corrected chi connectivity index (χ0v) is 16.2. The lowest BCUT2D eigenvalue weighted by atomic mass is 9.98. The summed E-state index contributed by atoms with van der Waals surface area (Å²) in [7, 11) is 0. The van der Waals surface area contributed by atoms with Crippen LogP contribution in [0.2, 0.25) is 5.02 Å². The average Bonchev–Trinajstić information content (AvgIpc) is 3.02. The van der Waals surface area contributed by atoms with Crippen LogP contribution in [-0.2, 0) is 11.2 Å². The van der Waals surface area contributed by atoms with E-state index in [9.17, 15) is 4.79 Å². The molecule has 27 heavy (non-hydrogen) atoms. The van der Waals surface area contributed by atoms with Crippen molar-refractivity contribution in [1.29, 1.82) is 0 Å². The number of carbonyl (C=O) groups is 1. The summed E-state index contributed by atoms with van der Waals surface area (Å²) in [5.41, 5.74) is 1.21. The predicted molar refractivity (Wildman–Crippen MR) is 107 cm³/mol. The number of anilines is 1. The SMILES string of the molecule is CC(Cc1nnc(SCC(=O)Nc2ccc(Cl)cn2)n1N)c1ccccc1. The molecule has 140 valence electrons. The minimum absolute atomic E-state index is 0.147. The van der Waals surface area contributed by atoms with E-state index in [-0.39, 0.29) is 17.6 Å². The first kappa shape index (κ1) is 19.2. The number of halogens is 1. The van der Waals surface area contributed by atoms with Crippen molar-refractivity contribution in [3.8, 4) is 0 Å². The molecule has 0 spiro atoms. The maximum atomic E-state index is 12.0. The van der Waals surface area contributed by atoms with E-state index in [0.717, 1.165) is 0 Å². The molecule has 1 unspecified atom stereocenters. The summed E-state index contributed by atoms with van der Waals surface area (Å²) in [5, 5.41) is 11.9. The van der Waals surface area contributed by atoms with E-state index in [4.69, 9.17) is 17.4 Å². The van der Waals surface area contributed by atoms with E-state index in [2.05, 4.69) is 39.6 Å². The number of nitrogens with two attached hydrogens (primary N) is 1. The molecule has 0 aliphatic heterocycles. The van der Waals surface area contributed by atoms with Crippen LogP contribution in [0.3, 0.4) is 0 Å². The second-order valence-corrected chi connectivity index (χ2v) is 7.36. The highest BCUT2D eigenvalue weighted by Gasteiger charge is 2.16. The molecular formula is C18H19ClN6OS. The van der Waals surface area contributed by atoms with E-state index in [1.807, 2.05) is 18.2 Å².